The van der Waals surface area contributed by atoms with Crippen LogP contribution < -0.4 is 5.32 Å². The average molecular weight is 450 g/mol. The number of nitrogens with one attached hydrogen (secondary N) is 2. The van der Waals surface area contributed by atoms with E-state index in [1.807, 2.05) is 35.4 Å². The maximum atomic E-state index is 14.2. The van der Waals surface area contributed by atoms with Crippen molar-refractivity contribution < 1.29 is 17.6 Å². The zero-order valence-electron chi connectivity index (χ0n) is 16.1. The number of H-pyrrole nitrogens is 1. The Morgan fingerprint density at radius 3 is 2.67 bits per heavy atom. The number of para-hydroxylation sites is 1. The molecule has 0 aliphatic carbocycles. The highest BCUT2D eigenvalue weighted by atomic mass is 35.5. The van der Waals surface area contributed by atoms with Crippen molar-refractivity contribution in [2.24, 2.45) is 0 Å². The molecule has 30 heavy (non-hydrogen) atoms. The summed E-state index contributed by atoms with van der Waals surface area (Å²) >= 11 is 5.79. The predicted octanol–water partition coefficient (Wildman–Crippen LogP) is 3.24. The number of carbonyl (C=O) groups is 1. The molecule has 1 unspecified atom stereocenters. The van der Waals surface area contributed by atoms with Gasteiger partial charge in [0.15, 0.2) is 9.84 Å². The van der Waals surface area contributed by atoms with Gasteiger partial charge in [-0.2, -0.15) is 0 Å². The number of benzene rings is 2. The van der Waals surface area contributed by atoms with Gasteiger partial charge in [0.05, 0.1) is 23.2 Å². The van der Waals surface area contributed by atoms with Crippen LogP contribution in [0.2, 0.25) is 5.02 Å². The molecule has 2 aromatic carbocycles. The summed E-state index contributed by atoms with van der Waals surface area (Å²) in [6, 6.07) is 11.2. The minimum absolute atomic E-state index is 0.0000291. The molecule has 158 valence electrons. The van der Waals surface area contributed by atoms with E-state index in [4.69, 9.17) is 11.6 Å². The SMILES string of the molecule is O=C(Nc1ccc(Cl)cc1F)C(Cc1c[nH]c2ccccc12)N1CCS(=O)(=O)CC1. The van der Waals surface area contributed by atoms with Gasteiger partial charge in [-0.25, -0.2) is 12.8 Å². The van der Waals surface area contributed by atoms with Gasteiger partial charge in [-0.15, -0.1) is 0 Å². The van der Waals surface area contributed by atoms with Crippen LogP contribution in [0.25, 0.3) is 10.9 Å². The second-order valence-corrected chi connectivity index (χ2v) is 10.1. The molecule has 9 heteroatoms. The fourth-order valence-corrected chi connectivity index (χ4v) is 5.13. The molecule has 1 aromatic heterocycles. The van der Waals surface area contributed by atoms with Crippen molar-refractivity contribution in [2.45, 2.75) is 12.5 Å². The largest absolute Gasteiger partial charge is 0.361 e. The van der Waals surface area contributed by atoms with Crippen LogP contribution >= 0.6 is 11.6 Å². The van der Waals surface area contributed by atoms with E-state index in [0.717, 1.165) is 22.5 Å². The number of halogens is 2. The Hall–Kier alpha value is -2.42. The number of anilines is 1. The van der Waals surface area contributed by atoms with Gasteiger partial charge in [0.2, 0.25) is 5.91 Å². The first-order valence-electron chi connectivity index (χ1n) is 9.58. The van der Waals surface area contributed by atoms with Gasteiger partial charge in [0, 0.05) is 35.2 Å². The first-order valence-corrected chi connectivity index (χ1v) is 11.8. The highest BCUT2D eigenvalue weighted by Gasteiger charge is 2.32. The van der Waals surface area contributed by atoms with Gasteiger partial charge in [-0.05, 0) is 36.2 Å². The minimum atomic E-state index is -3.10. The zero-order valence-corrected chi connectivity index (χ0v) is 17.6. The quantitative estimate of drug-likeness (QED) is 0.626. The van der Waals surface area contributed by atoms with Crippen molar-refractivity contribution in [2.75, 3.05) is 29.9 Å². The van der Waals surface area contributed by atoms with E-state index in [-0.39, 0.29) is 41.2 Å². The van der Waals surface area contributed by atoms with Gasteiger partial charge in [0.25, 0.3) is 0 Å². The lowest BCUT2D eigenvalue weighted by Gasteiger charge is -2.33. The van der Waals surface area contributed by atoms with Crippen LogP contribution in [0, 0.1) is 5.82 Å². The standard InChI is InChI=1S/C21H21ClFN3O3S/c22-15-5-6-19(17(23)12-15)25-21(27)20(26-7-9-30(28,29)10-8-26)11-14-13-24-18-4-2-1-3-16(14)18/h1-6,12-13,20,24H,7-11H2,(H,25,27). The third kappa shape index (κ3) is 4.50. The molecule has 0 radical (unpaired) electrons. The number of aromatic amines is 1. The number of amides is 1. The first kappa shape index (κ1) is 20.8. The number of nitrogens with zero attached hydrogens (tertiary/aromatic N) is 1. The van der Waals surface area contributed by atoms with Crippen LogP contribution in [0.3, 0.4) is 0 Å². The van der Waals surface area contributed by atoms with Crippen LogP contribution in [0.15, 0.2) is 48.7 Å². The van der Waals surface area contributed by atoms with E-state index in [9.17, 15) is 17.6 Å². The van der Waals surface area contributed by atoms with Crippen molar-refractivity contribution in [3.8, 4) is 0 Å². The van der Waals surface area contributed by atoms with E-state index in [2.05, 4.69) is 10.3 Å². The summed E-state index contributed by atoms with van der Waals surface area (Å²) in [4.78, 5) is 18.2. The normalized spacial score (nSPS) is 17.7. The van der Waals surface area contributed by atoms with E-state index >= 15 is 0 Å². The lowest BCUT2D eigenvalue weighted by molar-refractivity contribution is -0.121. The summed E-state index contributed by atoms with van der Waals surface area (Å²) in [6.45, 7) is 0.512. The number of hydrogen-bond donors (Lipinski definition) is 2. The smallest absolute Gasteiger partial charge is 0.242 e. The third-order valence-corrected chi connectivity index (χ3v) is 7.24. The van der Waals surface area contributed by atoms with Gasteiger partial charge in [-0.1, -0.05) is 29.8 Å². The lowest BCUT2D eigenvalue weighted by Crippen LogP contribution is -2.51. The maximum Gasteiger partial charge on any atom is 0.242 e. The summed E-state index contributed by atoms with van der Waals surface area (Å²) in [6.07, 6.45) is 2.22. The van der Waals surface area contributed by atoms with Gasteiger partial charge >= 0.3 is 0 Å². The molecule has 1 fully saturated rings. The molecule has 4 rings (SSSR count). The molecule has 1 aliphatic rings. The topological polar surface area (TPSA) is 82.3 Å². The molecule has 0 spiro atoms. The molecular weight excluding hydrogens is 429 g/mol. The fraction of sp³-hybridized carbons (Fsp3) is 0.286. The second kappa shape index (κ2) is 8.37. The first-order chi connectivity index (χ1) is 14.3. The lowest BCUT2D eigenvalue weighted by atomic mass is 10.0. The molecule has 6 nitrogen and oxygen atoms in total. The Kier molecular flexibility index (Phi) is 5.81. The molecule has 2 N–H and O–H groups in total. The maximum absolute atomic E-state index is 14.2. The van der Waals surface area contributed by atoms with E-state index in [0.29, 0.717) is 6.42 Å². The number of fused-ring (bicyclic) bond motifs is 1. The van der Waals surface area contributed by atoms with Crippen LogP contribution in [0.4, 0.5) is 10.1 Å². The summed E-state index contributed by atoms with van der Waals surface area (Å²) < 4.78 is 37.9. The number of sulfone groups is 1. The van der Waals surface area contributed by atoms with Crippen LogP contribution in [0.1, 0.15) is 5.56 Å². The number of hydrogen-bond acceptors (Lipinski definition) is 4. The minimum Gasteiger partial charge on any atom is -0.361 e. The molecule has 2 heterocycles. The monoisotopic (exact) mass is 449 g/mol. The highest BCUT2D eigenvalue weighted by Crippen LogP contribution is 2.24. The molecule has 1 amide bonds. The number of carbonyl (C=O) groups excluding carboxylic acids is 1. The molecule has 0 saturated carbocycles. The Morgan fingerprint density at radius 2 is 1.93 bits per heavy atom. The average Bonchev–Trinajstić information content (AvgIpc) is 3.11. The van der Waals surface area contributed by atoms with Crippen molar-refractivity contribution in [1.82, 2.24) is 9.88 Å². The van der Waals surface area contributed by atoms with Gasteiger partial charge in [0.1, 0.15) is 5.82 Å². The van der Waals surface area contributed by atoms with Crippen molar-refractivity contribution in [3.05, 3.63) is 65.1 Å². The summed E-state index contributed by atoms with van der Waals surface area (Å²) in [5.74, 6) is -1.01. The number of aromatic nitrogens is 1. The van der Waals surface area contributed by atoms with E-state index < -0.39 is 21.7 Å². The van der Waals surface area contributed by atoms with Gasteiger partial charge < -0.3 is 10.3 Å². The predicted molar refractivity (Wildman–Crippen MR) is 116 cm³/mol. The van der Waals surface area contributed by atoms with Crippen LogP contribution in [-0.2, 0) is 21.1 Å². The molecule has 0 bridgehead atoms. The molecular formula is C21H21ClFN3O3S. The summed E-state index contributed by atoms with van der Waals surface area (Å²) in [5.41, 5.74) is 1.94. The highest BCUT2D eigenvalue weighted by molar-refractivity contribution is 7.91. The summed E-state index contributed by atoms with van der Waals surface area (Å²) in [7, 11) is -3.10. The van der Waals surface area contributed by atoms with Crippen molar-refractivity contribution in [3.63, 3.8) is 0 Å². The molecule has 1 aliphatic heterocycles. The Labute approximate surface area is 178 Å². The molecule has 1 saturated heterocycles. The fourth-order valence-electron chi connectivity index (χ4n) is 3.74. The molecule has 3 aromatic rings. The van der Waals surface area contributed by atoms with E-state index in [1.54, 1.807) is 0 Å². The van der Waals surface area contributed by atoms with Crippen LogP contribution in [0.5, 0.6) is 0 Å². The Morgan fingerprint density at radius 1 is 1.20 bits per heavy atom. The van der Waals surface area contributed by atoms with Crippen molar-refractivity contribution >= 4 is 43.9 Å². The van der Waals surface area contributed by atoms with Crippen molar-refractivity contribution in [1.29, 1.82) is 0 Å². The Bertz CT molecular complexity index is 1180. The number of rotatable bonds is 5. The zero-order chi connectivity index (χ0) is 21.3. The Balaban J connectivity index is 1.61. The van der Waals surface area contributed by atoms with E-state index in [1.165, 1.54) is 12.1 Å². The van der Waals surface area contributed by atoms with Gasteiger partial charge in [-0.3, -0.25) is 9.69 Å². The third-order valence-electron chi connectivity index (χ3n) is 5.40. The molecule has 1 atom stereocenters. The van der Waals surface area contributed by atoms with Crippen LogP contribution in [-0.4, -0.2) is 54.8 Å². The second-order valence-electron chi connectivity index (χ2n) is 7.38. The summed E-state index contributed by atoms with van der Waals surface area (Å²) in [5, 5.41) is 3.88.